The Morgan fingerprint density at radius 2 is 2.11 bits per heavy atom. The lowest BCUT2D eigenvalue weighted by atomic mass is 10.0. The van der Waals surface area contributed by atoms with E-state index in [-0.39, 0.29) is 24.1 Å². The first-order valence-corrected chi connectivity index (χ1v) is 10.5. The molecule has 2 aliphatic heterocycles. The Balaban J connectivity index is 1.52. The molecule has 2 atom stereocenters. The first-order valence-electron chi connectivity index (χ1n) is 10.1. The average molecular weight is 408 g/mol. The minimum Gasteiger partial charge on any atom is -0.368 e. The molecule has 3 amide bonds. The third-order valence-corrected chi connectivity index (χ3v) is 6.12. The minimum atomic E-state index is -0.306. The standard InChI is InChI=1S/C21H30ClN3O3/c1-15-12-16(8-9-18(15)22)13-23-21(27)24(2)17-6-5-10-25(14-17)20(26)19-7-3-4-11-28-19/h8-9,12,17,19H,3-7,10-11,13-14H2,1-2H3,(H,23,27)/t17-,19?/m1/s1. The summed E-state index contributed by atoms with van der Waals surface area (Å²) in [6.07, 6.45) is 4.37. The summed E-state index contributed by atoms with van der Waals surface area (Å²) in [4.78, 5) is 28.9. The van der Waals surface area contributed by atoms with E-state index in [4.69, 9.17) is 16.3 Å². The molecule has 2 aliphatic rings. The average Bonchev–Trinajstić information content (AvgIpc) is 2.74. The molecule has 0 spiro atoms. The number of carbonyl (C=O) groups excluding carboxylic acids is 2. The van der Waals surface area contributed by atoms with Crippen LogP contribution in [0.15, 0.2) is 18.2 Å². The van der Waals surface area contributed by atoms with Crippen molar-refractivity contribution in [2.45, 2.75) is 57.7 Å². The Bertz CT molecular complexity index is 706. The third kappa shape index (κ3) is 5.17. The first kappa shape index (κ1) is 20.9. The number of ether oxygens (including phenoxy) is 1. The smallest absolute Gasteiger partial charge is 0.317 e. The fourth-order valence-electron chi connectivity index (χ4n) is 3.90. The van der Waals surface area contributed by atoms with Crippen LogP contribution in [-0.4, -0.2) is 60.6 Å². The third-order valence-electron chi connectivity index (χ3n) is 5.70. The molecule has 0 bridgehead atoms. The van der Waals surface area contributed by atoms with Crippen LogP contribution in [0.2, 0.25) is 5.02 Å². The van der Waals surface area contributed by atoms with Crippen LogP contribution in [-0.2, 0) is 16.1 Å². The van der Waals surface area contributed by atoms with Gasteiger partial charge in [0.2, 0.25) is 0 Å². The zero-order chi connectivity index (χ0) is 20.1. The lowest BCUT2D eigenvalue weighted by Gasteiger charge is -2.39. The molecule has 1 aromatic rings. The van der Waals surface area contributed by atoms with Gasteiger partial charge in [-0.3, -0.25) is 4.79 Å². The lowest BCUT2D eigenvalue weighted by Crippen LogP contribution is -2.54. The van der Waals surface area contributed by atoms with Crippen molar-refractivity contribution < 1.29 is 14.3 Å². The zero-order valence-corrected chi connectivity index (χ0v) is 17.5. The highest BCUT2D eigenvalue weighted by Crippen LogP contribution is 2.20. The maximum atomic E-state index is 12.7. The minimum absolute atomic E-state index is 0.0215. The van der Waals surface area contributed by atoms with Crippen molar-refractivity contribution in [2.75, 3.05) is 26.7 Å². The lowest BCUT2D eigenvalue weighted by molar-refractivity contribution is -0.148. The van der Waals surface area contributed by atoms with Crippen LogP contribution in [0.25, 0.3) is 0 Å². The fourth-order valence-corrected chi connectivity index (χ4v) is 4.01. The summed E-state index contributed by atoms with van der Waals surface area (Å²) >= 11 is 6.05. The van der Waals surface area contributed by atoms with E-state index in [2.05, 4.69) is 5.32 Å². The number of likely N-dealkylation sites (tertiary alicyclic amines) is 1. The molecule has 2 fully saturated rings. The highest BCUT2D eigenvalue weighted by atomic mass is 35.5. The number of hydrogen-bond acceptors (Lipinski definition) is 3. The maximum absolute atomic E-state index is 12.7. The quantitative estimate of drug-likeness (QED) is 0.832. The second-order valence-corrected chi connectivity index (χ2v) is 8.20. The molecule has 1 N–H and O–H groups in total. The van der Waals surface area contributed by atoms with E-state index in [0.717, 1.165) is 54.8 Å². The van der Waals surface area contributed by atoms with Gasteiger partial charge in [-0.2, -0.15) is 0 Å². The number of likely N-dealkylation sites (N-methyl/N-ethyl adjacent to an activating group) is 1. The molecule has 0 saturated carbocycles. The van der Waals surface area contributed by atoms with E-state index >= 15 is 0 Å². The fraction of sp³-hybridized carbons (Fsp3) is 0.619. The van der Waals surface area contributed by atoms with Gasteiger partial charge in [-0.15, -0.1) is 0 Å². The van der Waals surface area contributed by atoms with Crippen molar-refractivity contribution >= 4 is 23.5 Å². The van der Waals surface area contributed by atoms with E-state index in [9.17, 15) is 9.59 Å². The Kier molecular flexibility index (Phi) is 7.18. The van der Waals surface area contributed by atoms with Crippen molar-refractivity contribution in [3.05, 3.63) is 34.3 Å². The summed E-state index contributed by atoms with van der Waals surface area (Å²) in [5.41, 5.74) is 2.01. The normalized spacial score (nSPS) is 22.6. The summed E-state index contributed by atoms with van der Waals surface area (Å²) in [5, 5.41) is 3.69. The first-order chi connectivity index (χ1) is 13.5. The van der Waals surface area contributed by atoms with Crippen LogP contribution in [0, 0.1) is 6.92 Å². The summed E-state index contributed by atoms with van der Waals surface area (Å²) in [6, 6.07) is 5.64. The Labute approximate surface area is 172 Å². The van der Waals surface area contributed by atoms with Crippen LogP contribution in [0.3, 0.4) is 0 Å². The molecular formula is C21H30ClN3O3. The molecule has 0 aliphatic carbocycles. The van der Waals surface area contributed by atoms with Gasteiger partial charge in [0.25, 0.3) is 5.91 Å². The predicted octanol–water partition coefficient (Wildman–Crippen LogP) is 3.35. The number of piperidine rings is 1. The SMILES string of the molecule is Cc1cc(CNC(=O)N(C)[C@@H]2CCCN(C(=O)C3CCCCO3)C2)ccc1Cl. The van der Waals surface area contributed by atoms with E-state index < -0.39 is 0 Å². The Morgan fingerprint density at radius 1 is 1.29 bits per heavy atom. The molecule has 28 heavy (non-hydrogen) atoms. The van der Waals surface area contributed by atoms with Crippen molar-refractivity contribution in [1.82, 2.24) is 15.1 Å². The van der Waals surface area contributed by atoms with E-state index in [0.29, 0.717) is 19.7 Å². The zero-order valence-electron chi connectivity index (χ0n) is 16.7. The van der Waals surface area contributed by atoms with Gasteiger partial charge in [0, 0.05) is 38.3 Å². The van der Waals surface area contributed by atoms with Crippen LogP contribution < -0.4 is 5.32 Å². The van der Waals surface area contributed by atoms with E-state index in [1.807, 2.05) is 30.0 Å². The number of nitrogens with one attached hydrogen (secondary N) is 1. The summed E-state index contributed by atoms with van der Waals surface area (Å²) in [5.74, 6) is 0.0786. The second kappa shape index (κ2) is 9.61. The molecule has 0 aromatic heterocycles. The molecule has 1 aromatic carbocycles. The van der Waals surface area contributed by atoms with Gasteiger partial charge in [-0.1, -0.05) is 23.7 Å². The largest absolute Gasteiger partial charge is 0.368 e. The van der Waals surface area contributed by atoms with Gasteiger partial charge in [-0.05, 0) is 56.2 Å². The molecule has 2 saturated heterocycles. The van der Waals surface area contributed by atoms with Crippen molar-refractivity contribution in [1.29, 1.82) is 0 Å². The highest BCUT2D eigenvalue weighted by Gasteiger charge is 2.32. The van der Waals surface area contributed by atoms with Gasteiger partial charge in [-0.25, -0.2) is 4.79 Å². The van der Waals surface area contributed by atoms with Gasteiger partial charge >= 0.3 is 6.03 Å². The van der Waals surface area contributed by atoms with Gasteiger partial charge in [0.05, 0.1) is 6.04 Å². The second-order valence-electron chi connectivity index (χ2n) is 7.79. The molecule has 3 rings (SSSR count). The van der Waals surface area contributed by atoms with E-state index in [1.54, 1.807) is 11.9 Å². The Morgan fingerprint density at radius 3 is 2.82 bits per heavy atom. The molecule has 7 heteroatoms. The number of rotatable bonds is 4. The van der Waals surface area contributed by atoms with Crippen molar-refractivity contribution in [3.8, 4) is 0 Å². The molecule has 2 heterocycles. The van der Waals surface area contributed by atoms with E-state index in [1.165, 1.54) is 0 Å². The molecule has 154 valence electrons. The number of hydrogen-bond donors (Lipinski definition) is 1. The van der Waals surface area contributed by atoms with Crippen LogP contribution in [0.5, 0.6) is 0 Å². The maximum Gasteiger partial charge on any atom is 0.317 e. The number of nitrogens with zero attached hydrogens (tertiary/aromatic N) is 2. The Hall–Kier alpha value is -1.79. The number of benzene rings is 1. The van der Waals surface area contributed by atoms with Crippen LogP contribution >= 0.6 is 11.6 Å². The highest BCUT2D eigenvalue weighted by molar-refractivity contribution is 6.31. The molecule has 1 unspecified atom stereocenters. The molecule has 6 nitrogen and oxygen atoms in total. The molecule has 0 radical (unpaired) electrons. The summed E-state index contributed by atoms with van der Waals surface area (Å²) in [6.45, 7) is 4.38. The van der Waals surface area contributed by atoms with Crippen molar-refractivity contribution in [2.24, 2.45) is 0 Å². The van der Waals surface area contributed by atoms with Crippen LogP contribution in [0.4, 0.5) is 4.79 Å². The summed E-state index contributed by atoms with van der Waals surface area (Å²) < 4.78 is 5.65. The number of halogens is 1. The predicted molar refractivity (Wildman–Crippen MR) is 109 cm³/mol. The topological polar surface area (TPSA) is 61.9 Å². The number of aryl methyl sites for hydroxylation is 1. The number of carbonyl (C=O) groups is 2. The molecular weight excluding hydrogens is 378 g/mol. The van der Waals surface area contributed by atoms with Gasteiger partial charge in [0.15, 0.2) is 0 Å². The van der Waals surface area contributed by atoms with Crippen LogP contribution in [0.1, 0.15) is 43.2 Å². The van der Waals surface area contributed by atoms with Crippen molar-refractivity contribution in [3.63, 3.8) is 0 Å². The number of urea groups is 1. The monoisotopic (exact) mass is 407 g/mol. The van der Waals surface area contributed by atoms with Gasteiger partial charge in [0.1, 0.15) is 6.10 Å². The summed E-state index contributed by atoms with van der Waals surface area (Å²) in [7, 11) is 1.80. The number of amides is 3. The van der Waals surface area contributed by atoms with Gasteiger partial charge < -0.3 is 19.9 Å².